The number of benzene rings is 1. The molecule has 1 aromatic carbocycles. The van der Waals surface area contributed by atoms with E-state index in [4.69, 9.17) is 0 Å². The van der Waals surface area contributed by atoms with Crippen molar-refractivity contribution in [2.24, 2.45) is 0 Å². The third-order valence-electron chi connectivity index (χ3n) is 1.48. The van der Waals surface area contributed by atoms with Crippen LogP contribution < -0.4 is 5.30 Å². The van der Waals surface area contributed by atoms with Crippen molar-refractivity contribution in [3.8, 4) is 0 Å². The van der Waals surface area contributed by atoms with E-state index in [1.165, 1.54) is 15.8 Å². The molecule has 0 saturated carbocycles. The smallest absolute Gasteiger partial charge is 0.00722 e. The van der Waals surface area contributed by atoms with Gasteiger partial charge in [0.2, 0.25) is 0 Å². The fourth-order valence-electron chi connectivity index (χ4n) is 0.775. The highest BCUT2D eigenvalue weighted by Gasteiger charge is 1.92. The Morgan fingerprint density at radius 2 is 2.10 bits per heavy atom. The van der Waals surface area contributed by atoms with Crippen LogP contribution in [0.15, 0.2) is 23.1 Å². The van der Waals surface area contributed by atoms with Crippen molar-refractivity contribution in [3.05, 3.63) is 23.8 Å². The predicted octanol–water partition coefficient (Wildman–Crippen LogP) is 2.22. The van der Waals surface area contributed by atoms with E-state index in [9.17, 15) is 0 Å². The third-order valence-corrected chi connectivity index (χ3v) is 2.85. The van der Waals surface area contributed by atoms with Crippen LogP contribution in [0.5, 0.6) is 0 Å². The van der Waals surface area contributed by atoms with E-state index >= 15 is 0 Å². The fraction of sp³-hybridized carbons (Fsp3) is 0.250. The summed E-state index contributed by atoms with van der Waals surface area (Å²) >= 11 is 1.78. The highest BCUT2D eigenvalue weighted by molar-refractivity contribution is 7.98. The van der Waals surface area contributed by atoms with Crippen LogP contribution in [0.25, 0.3) is 0 Å². The molecule has 0 nitrogen and oxygen atoms in total. The molecule has 0 fully saturated rings. The van der Waals surface area contributed by atoms with Gasteiger partial charge < -0.3 is 0 Å². The summed E-state index contributed by atoms with van der Waals surface area (Å²) in [6.45, 7) is 2.13. The Morgan fingerprint density at radius 3 is 2.60 bits per heavy atom. The van der Waals surface area contributed by atoms with Gasteiger partial charge in [0.05, 0.1) is 0 Å². The van der Waals surface area contributed by atoms with Crippen LogP contribution in [-0.2, 0) is 0 Å². The molecule has 0 aliphatic heterocycles. The first-order chi connectivity index (χ1) is 4.74. The van der Waals surface area contributed by atoms with Crippen molar-refractivity contribution in [1.82, 2.24) is 0 Å². The maximum Gasteiger partial charge on any atom is 0.00722 e. The molecule has 0 N–H and O–H groups in total. The monoisotopic (exact) mass is 170 g/mol. The molecule has 1 unspecified atom stereocenters. The molecule has 0 saturated heterocycles. The van der Waals surface area contributed by atoms with Crippen molar-refractivity contribution in [3.63, 3.8) is 0 Å². The van der Waals surface area contributed by atoms with Crippen molar-refractivity contribution >= 4 is 26.3 Å². The quantitative estimate of drug-likeness (QED) is 0.460. The van der Waals surface area contributed by atoms with Gasteiger partial charge in [0.15, 0.2) is 0 Å². The van der Waals surface area contributed by atoms with E-state index in [-0.39, 0.29) is 0 Å². The minimum absolute atomic E-state index is 1.29. The summed E-state index contributed by atoms with van der Waals surface area (Å²) < 4.78 is 0. The molecular formula is C8H11PS. The van der Waals surface area contributed by atoms with Gasteiger partial charge in [-0.05, 0) is 36.2 Å². The van der Waals surface area contributed by atoms with Crippen LogP contribution in [0.2, 0.25) is 0 Å². The lowest BCUT2D eigenvalue weighted by atomic mass is 10.2. The normalized spacial score (nSPS) is 9.90. The summed E-state index contributed by atoms with van der Waals surface area (Å²) in [4.78, 5) is 1.34. The summed E-state index contributed by atoms with van der Waals surface area (Å²) in [6.07, 6.45) is 2.09. The Labute approximate surface area is 68.6 Å². The molecule has 54 valence electrons. The summed E-state index contributed by atoms with van der Waals surface area (Å²) in [5.74, 6) is 0. The molecule has 0 aromatic heterocycles. The first-order valence-electron chi connectivity index (χ1n) is 3.14. The summed E-state index contributed by atoms with van der Waals surface area (Å²) in [7, 11) is 2.72. The molecule has 0 heterocycles. The summed E-state index contributed by atoms with van der Waals surface area (Å²) in [5, 5.41) is 1.29. The number of hydrogen-bond acceptors (Lipinski definition) is 1. The number of rotatable bonds is 1. The predicted molar refractivity (Wildman–Crippen MR) is 52.3 cm³/mol. The van der Waals surface area contributed by atoms with Crippen LogP contribution in [0, 0.1) is 6.92 Å². The van der Waals surface area contributed by atoms with Gasteiger partial charge in [-0.25, -0.2) is 0 Å². The molecule has 10 heavy (non-hydrogen) atoms. The van der Waals surface area contributed by atoms with E-state index in [0.717, 1.165) is 0 Å². The maximum atomic E-state index is 2.72. The van der Waals surface area contributed by atoms with Gasteiger partial charge in [-0.15, -0.1) is 21.0 Å². The highest BCUT2D eigenvalue weighted by atomic mass is 32.2. The molecule has 1 rings (SSSR count). The van der Waals surface area contributed by atoms with E-state index < -0.39 is 0 Å². The Bertz CT molecular complexity index is 233. The molecule has 1 aromatic rings. The Morgan fingerprint density at radius 1 is 1.40 bits per heavy atom. The molecule has 0 aliphatic rings. The zero-order chi connectivity index (χ0) is 7.56. The van der Waals surface area contributed by atoms with Gasteiger partial charge in [-0.2, -0.15) is 0 Å². The van der Waals surface area contributed by atoms with Gasteiger partial charge in [0.25, 0.3) is 0 Å². The van der Waals surface area contributed by atoms with Crippen LogP contribution in [0.4, 0.5) is 0 Å². The van der Waals surface area contributed by atoms with Crippen LogP contribution in [0.1, 0.15) is 5.56 Å². The lowest BCUT2D eigenvalue weighted by molar-refractivity contribution is 1.40. The SMILES string of the molecule is CSc1ccc(P)c(C)c1. The average molecular weight is 170 g/mol. The molecule has 1 atom stereocenters. The Balaban J connectivity index is 3.04. The van der Waals surface area contributed by atoms with Crippen molar-refractivity contribution < 1.29 is 0 Å². The molecule has 0 amide bonds. The minimum atomic E-state index is 1.29. The second-order valence-corrected chi connectivity index (χ2v) is 3.72. The van der Waals surface area contributed by atoms with Crippen LogP contribution in [-0.4, -0.2) is 6.26 Å². The highest BCUT2D eigenvalue weighted by Crippen LogP contribution is 2.14. The first-order valence-corrected chi connectivity index (χ1v) is 4.94. The molecule has 0 bridgehead atoms. The lowest BCUT2D eigenvalue weighted by Gasteiger charge is -2.00. The molecule has 2 heteroatoms. The Kier molecular flexibility index (Phi) is 2.76. The first kappa shape index (κ1) is 8.10. The average Bonchev–Trinajstić information content (AvgIpc) is 1.95. The topological polar surface area (TPSA) is 0 Å². The van der Waals surface area contributed by atoms with Gasteiger partial charge in [-0.1, -0.05) is 6.07 Å². The second kappa shape index (κ2) is 3.41. The molecule has 0 radical (unpaired) electrons. The largest absolute Gasteiger partial charge is 0.130 e. The third kappa shape index (κ3) is 1.74. The van der Waals surface area contributed by atoms with Crippen LogP contribution in [0.3, 0.4) is 0 Å². The molecule has 0 aliphatic carbocycles. The van der Waals surface area contributed by atoms with Gasteiger partial charge in [0, 0.05) is 4.90 Å². The lowest BCUT2D eigenvalue weighted by Crippen LogP contribution is -1.94. The maximum absolute atomic E-state index is 2.72. The zero-order valence-corrected chi connectivity index (χ0v) is 8.19. The number of aryl methyl sites for hydroxylation is 1. The minimum Gasteiger partial charge on any atom is -0.130 e. The van der Waals surface area contributed by atoms with Crippen molar-refractivity contribution in [2.45, 2.75) is 11.8 Å². The van der Waals surface area contributed by atoms with E-state index in [1.54, 1.807) is 11.8 Å². The molecular weight excluding hydrogens is 159 g/mol. The van der Waals surface area contributed by atoms with Crippen molar-refractivity contribution in [1.29, 1.82) is 0 Å². The number of thioether (sulfide) groups is 1. The fourth-order valence-corrected chi connectivity index (χ4v) is 1.45. The van der Waals surface area contributed by atoms with Gasteiger partial charge >= 0.3 is 0 Å². The van der Waals surface area contributed by atoms with Crippen LogP contribution >= 0.6 is 21.0 Å². The van der Waals surface area contributed by atoms with Crippen molar-refractivity contribution in [2.75, 3.05) is 6.26 Å². The number of hydrogen-bond donors (Lipinski definition) is 0. The zero-order valence-electron chi connectivity index (χ0n) is 6.22. The summed E-state index contributed by atoms with van der Waals surface area (Å²) in [6, 6.07) is 6.47. The summed E-state index contributed by atoms with van der Waals surface area (Å²) in [5.41, 5.74) is 1.34. The Hall–Kier alpha value is -0.0000000000000000555. The van der Waals surface area contributed by atoms with Gasteiger partial charge in [0.1, 0.15) is 0 Å². The second-order valence-electron chi connectivity index (χ2n) is 2.22. The van der Waals surface area contributed by atoms with Gasteiger partial charge in [-0.3, -0.25) is 0 Å². The molecule has 0 spiro atoms. The van der Waals surface area contributed by atoms with E-state index in [1.807, 2.05) is 0 Å². The standard InChI is InChI=1S/C8H11PS/c1-6-5-7(10-2)3-4-8(6)9/h3-5H,9H2,1-2H3. The van der Waals surface area contributed by atoms with E-state index in [0.29, 0.717) is 0 Å². The van der Waals surface area contributed by atoms with E-state index in [2.05, 4.69) is 40.6 Å².